The van der Waals surface area contributed by atoms with Crippen LogP contribution in [0.1, 0.15) is 40.9 Å². The minimum Gasteiger partial charge on any atom is -0.449 e. The van der Waals surface area contributed by atoms with Crippen molar-refractivity contribution in [1.82, 2.24) is 0 Å². The van der Waals surface area contributed by atoms with Gasteiger partial charge in [0.05, 0.1) is 5.56 Å². The Balaban J connectivity index is 1.76. The van der Waals surface area contributed by atoms with Crippen molar-refractivity contribution in [2.45, 2.75) is 46.3 Å². The van der Waals surface area contributed by atoms with E-state index in [-0.39, 0.29) is 11.9 Å². The number of nitrogens with zero attached hydrogens (tertiary/aromatic N) is 1. The van der Waals surface area contributed by atoms with Gasteiger partial charge in [0.1, 0.15) is 0 Å². The Labute approximate surface area is 148 Å². The van der Waals surface area contributed by atoms with Gasteiger partial charge < -0.3 is 9.64 Å². The molecule has 0 bridgehead atoms. The third-order valence-electron chi connectivity index (χ3n) is 4.53. The molecule has 2 atom stereocenters. The summed E-state index contributed by atoms with van der Waals surface area (Å²) in [5.41, 5.74) is 4.53. The lowest BCUT2D eigenvalue weighted by molar-refractivity contribution is -0.126. The van der Waals surface area contributed by atoms with Crippen LogP contribution >= 0.6 is 0 Å². The first-order valence-corrected chi connectivity index (χ1v) is 8.57. The minimum atomic E-state index is -0.832. The normalized spacial score (nSPS) is 17.1. The molecular formula is C21H23NO3. The van der Waals surface area contributed by atoms with Gasteiger partial charge in [0.25, 0.3) is 5.91 Å². The van der Waals surface area contributed by atoms with Crippen molar-refractivity contribution in [2.24, 2.45) is 0 Å². The number of amides is 1. The van der Waals surface area contributed by atoms with Crippen LogP contribution in [-0.2, 0) is 16.0 Å². The Morgan fingerprint density at radius 3 is 2.44 bits per heavy atom. The molecule has 2 aromatic carbocycles. The molecule has 1 aliphatic heterocycles. The Bertz CT molecular complexity index is 807. The molecule has 25 heavy (non-hydrogen) atoms. The first-order valence-electron chi connectivity index (χ1n) is 8.57. The number of benzene rings is 2. The number of rotatable bonds is 3. The smallest absolute Gasteiger partial charge is 0.338 e. The minimum absolute atomic E-state index is 0.0623. The van der Waals surface area contributed by atoms with Crippen LogP contribution in [-0.4, -0.2) is 24.0 Å². The number of para-hydroxylation sites is 1. The highest BCUT2D eigenvalue weighted by atomic mass is 16.5. The van der Waals surface area contributed by atoms with E-state index in [1.165, 1.54) is 0 Å². The van der Waals surface area contributed by atoms with Crippen molar-refractivity contribution in [3.8, 4) is 0 Å². The van der Waals surface area contributed by atoms with Crippen LogP contribution in [0.25, 0.3) is 0 Å². The summed E-state index contributed by atoms with van der Waals surface area (Å²) in [6.45, 7) is 7.51. The van der Waals surface area contributed by atoms with E-state index >= 15 is 0 Å². The molecule has 3 rings (SSSR count). The van der Waals surface area contributed by atoms with Crippen molar-refractivity contribution in [1.29, 1.82) is 0 Å². The van der Waals surface area contributed by atoms with Gasteiger partial charge in [0.2, 0.25) is 0 Å². The highest BCUT2D eigenvalue weighted by molar-refractivity contribution is 6.01. The van der Waals surface area contributed by atoms with Gasteiger partial charge in [-0.15, -0.1) is 0 Å². The van der Waals surface area contributed by atoms with E-state index in [1.807, 2.05) is 51.1 Å². The lowest BCUT2D eigenvalue weighted by Gasteiger charge is -2.26. The van der Waals surface area contributed by atoms with E-state index in [4.69, 9.17) is 4.74 Å². The Morgan fingerprint density at radius 1 is 1.12 bits per heavy atom. The monoisotopic (exact) mass is 337 g/mol. The van der Waals surface area contributed by atoms with Gasteiger partial charge in [0, 0.05) is 11.7 Å². The zero-order valence-electron chi connectivity index (χ0n) is 15.1. The molecule has 130 valence electrons. The molecular weight excluding hydrogens is 314 g/mol. The summed E-state index contributed by atoms with van der Waals surface area (Å²) in [7, 11) is 0. The van der Waals surface area contributed by atoms with Crippen molar-refractivity contribution in [2.75, 3.05) is 4.90 Å². The third-order valence-corrected chi connectivity index (χ3v) is 4.53. The molecule has 0 fully saturated rings. The molecule has 0 saturated heterocycles. The molecule has 2 aromatic rings. The maximum Gasteiger partial charge on any atom is 0.338 e. The van der Waals surface area contributed by atoms with Crippen LogP contribution < -0.4 is 4.90 Å². The van der Waals surface area contributed by atoms with E-state index in [9.17, 15) is 9.59 Å². The number of carbonyl (C=O) groups excluding carboxylic acids is 2. The van der Waals surface area contributed by atoms with Crippen LogP contribution in [0.2, 0.25) is 0 Å². The standard InChI is InChI=1S/C21H23NO3/c1-13-9-14(2)11-18(10-13)21(24)25-16(4)20(23)22-15(3)12-17-7-5-6-8-19(17)22/h5-11,15-16H,12H2,1-4H3/t15-,16+/m1/s1. The van der Waals surface area contributed by atoms with Crippen LogP contribution in [0.15, 0.2) is 42.5 Å². The van der Waals surface area contributed by atoms with Crippen LogP contribution in [0.3, 0.4) is 0 Å². The summed E-state index contributed by atoms with van der Waals surface area (Å²) in [5, 5.41) is 0. The number of anilines is 1. The fraction of sp³-hybridized carbons (Fsp3) is 0.333. The number of hydrogen-bond donors (Lipinski definition) is 0. The van der Waals surface area contributed by atoms with E-state index < -0.39 is 12.1 Å². The van der Waals surface area contributed by atoms with Crippen molar-refractivity contribution >= 4 is 17.6 Å². The second kappa shape index (κ2) is 6.71. The lowest BCUT2D eigenvalue weighted by Crippen LogP contribution is -2.43. The summed E-state index contributed by atoms with van der Waals surface area (Å²) in [6, 6.07) is 13.5. The molecule has 0 unspecified atom stereocenters. The average Bonchev–Trinajstić information content (AvgIpc) is 2.88. The van der Waals surface area contributed by atoms with E-state index in [1.54, 1.807) is 24.0 Å². The van der Waals surface area contributed by atoms with E-state index in [0.717, 1.165) is 28.8 Å². The molecule has 0 radical (unpaired) electrons. The summed E-state index contributed by atoms with van der Waals surface area (Å²) in [4.78, 5) is 27.0. The maximum atomic E-state index is 12.9. The Hall–Kier alpha value is -2.62. The number of aryl methyl sites for hydroxylation is 2. The Morgan fingerprint density at radius 2 is 1.76 bits per heavy atom. The molecule has 0 aliphatic carbocycles. The van der Waals surface area contributed by atoms with Crippen LogP contribution in [0.4, 0.5) is 5.69 Å². The quantitative estimate of drug-likeness (QED) is 0.800. The Kier molecular flexibility index (Phi) is 4.62. The number of esters is 1. The maximum absolute atomic E-state index is 12.9. The molecule has 0 N–H and O–H groups in total. The summed E-state index contributed by atoms with van der Waals surface area (Å²) < 4.78 is 5.45. The number of carbonyl (C=O) groups is 2. The number of fused-ring (bicyclic) bond motifs is 1. The predicted molar refractivity (Wildman–Crippen MR) is 97.9 cm³/mol. The summed E-state index contributed by atoms with van der Waals surface area (Å²) in [6.07, 6.45) is -0.0124. The fourth-order valence-electron chi connectivity index (χ4n) is 3.47. The molecule has 0 spiro atoms. The topological polar surface area (TPSA) is 46.6 Å². The van der Waals surface area contributed by atoms with Gasteiger partial charge in [-0.1, -0.05) is 35.4 Å². The van der Waals surface area contributed by atoms with E-state index in [0.29, 0.717) is 5.56 Å². The second-order valence-corrected chi connectivity index (χ2v) is 6.81. The number of ether oxygens (including phenoxy) is 1. The van der Waals surface area contributed by atoms with Gasteiger partial charge in [0.15, 0.2) is 6.10 Å². The first kappa shape index (κ1) is 17.2. The SMILES string of the molecule is Cc1cc(C)cc(C(=O)O[C@@H](C)C(=O)N2c3ccccc3C[C@H]2C)c1. The first-order chi connectivity index (χ1) is 11.9. The summed E-state index contributed by atoms with van der Waals surface area (Å²) in [5.74, 6) is -0.650. The molecule has 1 aliphatic rings. The zero-order valence-corrected chi connectivity index (χ0v) is 15.1. The molecule has 1 heterocycles. The van der Waals surface area contributed by atoms with Gasteiger partial charge >= 0.3 is 5.97 Å². The van der Waals surface area contributed by atoms with Crippen LogP contribution in [0, 0.1) is 13.8 Å². The number of hydrogen-bond acceptors (Lipinski definition) is 3. The highest BCUT2D eigenvalue weighted by Gasteiger charge is 2.34. The average molecular weight is 337 g/mol. The van der Waals surface area contributed by atoms with Gasteiger partial charge in [-0.3, -0.25) is 4.79 Å². The fourth-order valence-corrected chi connectivity index (χ4v) is 3.47. The largest absolute Gasteiger partial charge is 0.449 e. The molecule has 4 heteroatoms. The molecule has 1 amide bonds. The molecule has 0 saturated carbocycles. The molecule has 0 aromatic heterocycles. The van der Waals surface area contributed by atoms with Crippen molar-refractivity contribution < 1.29 is 14.3 Å². The van der Waals surface area contributed by atoms with E-state index in [2.05, 4.69) is 0 Å². The lowest BCUT2D eigenvalue weighted by atomic mass is 10.1. The zero-order chi connectivity index (χ0) is 18.1. The van der Waals surface area contributed by atoms with Crippen molar-refractivity contribution in [3.63, 3.8) is 0 Å². The van der Waals surface area contributed by atoms with Gasteiger partial charge in [-0.2, -0.15) is 0 Å². The predicted octanol–water partition coefficient (Wildman–Crippen LogP) is 3.83. The van der Waals surface area contributed by atoms with Crippen molar-refractivity contribution in [3.05, 3.63) is 64.7 Å². The summed E-state index contributed by atoms with van der Waals surface area (Å²) >= 11 is 0. The van der Waals surface area contributed by atoms with Crippen LogP contribution in [0.5, 0.6) is 0 Å². The highest BCUT2D eigenvalue weighted by Crippen LogP contribution is 2.32. The molecule has 4 nitrogen and oxygen atoms in total. The van der Waals surface area contributed by atoms with Gasteiger partial charge in [-0.05, 0) is 57.9 Å². The second-order valence-electron chi connectivity index (χ2n) is 6.81. The third kappa shape index (κ3) is 3.43. The van der Waals surface area contributed by atoms with Gasteiger partial charge in [-0.25, -0.2) is 4.79 Å².